The minimum atomic E-state index is -0.0250. The van der Waals surface area contributed by atoms with Crippen molar-refractivity contribution in [3.8, 4) is 5.75 Å². The van der Waals surface area contributed by atoms with Gasteiger partial charge in [-0.25, -0.2) is 4.98 Å². The maximum Gasteiger partial charge on any atom is 0.146 e. The standard InChI is InChI=1S/C10H13ClN2O2/c1-10(5-15-6-10)13-7-4-12-9(11)3-8(7)14-2/h3-4,13H,5-6H2,1-2H3. The maximum absolute atomic E-state index is 5.77. The molecule has 15 heavy (non-hydrogen) atoms. The summed E-state index contributed by atoms with van der Waals surface area (Å²) in [5, 5.41) is 3.75. The molecular weight excluding hydrogens is 216 g/mol. The zero-order chi connectivity index (χ0) is 10.9. The topological polar surface area (TPSA) is 43.4 Å². The van der Waals surface area contributed by atoms with E-state index in [0.717, 1.165) is 5.69 Å². The van der Waals surface area contributed by atoms with Gasteiger partial charge in [-0.2, -0.15) is 0 Å². The number of rotatable bonds is 3. The molecule has 5 heteroatoms. The predicted molar refractivity (Wildman–Crippen MR) is 58.6 cm³/mol. The van der Waals surface area contributed by atoms with Gasteiger partial charge in [0, 0.05) is 6.07 Å². The van der Waals surface area contributed by atoms with Crippen LogP contribution >= 0.6 is 11.6 Å². The second-order valence-corrected chi connectivity index (χ2v) is 4.27. The molecule has 1 saturated heterocycles. The molecular formula is C10H13ClN2O2. The Morgan fingerprint density at radius 1 is 1.60 bits per heavy atom. The lowest BCUT2D eigenvalue weighted by molar-refractivity contribution is -0.0319. The number of halogens is 1. The molecule has 1 N–H and O–H groups in total. The van der Waals surface area contributed by atoms with E-state index in [9.17, 15) is 0 Å². The van der Waals surface area contributed by atoms with Gasteiger partial charge in [-0.3, -0.25) is 0 Å². The molecule has 1 fully saturated rings. The first-order valence-corrected chi connectivity index (χ1v) is 5.06. The zero-order valence-corrected chi connectivity index (χ0v) is 9.47. The fourth-order valence-electron chi connectivity index (χ4n) is 1.48. The van der Waals surface area contributed by atoms with Gasteiger partial charge in [-0.1, -0.05) is 11.6 Å². The molecule has 4 nitrogen and oxygen atoms in total. The van der Waals surface area contributed by atoms with E-state index in [2.05, 4.69) is 17.2 Å². The molecule has 1 aliphatic heterocycles. The van der Waals surface area contributed by atoms with Gasteiger partial charge in [-0.05, 0) is 6.92 Å². The molecule has 1 aromatic rings. The summed E-state index contributed by atoms with van der Waals surface area (Å²) in [6.07, 6.45) is 1.67. The zero-order valence-electron chi connectivity index (χ0n) is 8.71. The molecule has 1 aromatic heterocycles. The molecule has 0 amide bonds. The first-order valence-electron chi connectivity index (χ1n) is 4.68. The van der Waals surface area contributed by atoms with Gasteiger partial charge >= 0.3 is 0 Å². The van der Waals surface area contributed by atoms with Crippen LogP contribution in [0, 0.1) is 0 Å². The van der Waals surface area contributed by atoms with Crippen molar-refractivity contribution in [1.29, 1.82) is 0 Å². The van der Waals surface area contributed by atoms with Crippen molar-refractivity contribution in [1.82, 2.24) is 4.98 Å². The van der Waals surface area contributed by atoms with Crippen molar-refractivity contribution in [2.45, 2.75) is 12.5 Å². The largest absolute Gasteiger partial charge is 0.494 e. The van der Waals surface area contributed by atoms with Crippen LogP contribution < -0.4 is 10.1 Å². The highest BCUT2D eigenvalue weighted by Gasteiger charge is 2.33. The molecule has 2 rings (SSSR count). The van der Waals surface area contributed by atoms with E-state index in [0.29, 0.717) is 24.1 Å². The second kappa shape index (κ2) is 3.87. The Bertz CT molecular complexity index is 366. The van der Waals surface area contributed by atoms with Gasteiger partial charge in [-0.15, -0.1) is 0 Å². The number of methoxy groups -OCH3 is 1. The number of nitrogens with one attached hydrogen (secondary N) is 1. The maximum atomic E-state index is 5.77. The smallest absolute Gasteiger partial charge is 0.146 e. The van der Waals surface area contributed by atoms with Crippen LogP contribution in [0.25, 0.3) is 0 Å². The average molecular weight is 229 g/mol. The van der Waals surface area contributed by atoms with E-state index >= 15 is 0 Å². The number of pyridine rings is 1. The summed E-state index contributed by atoms with van der Waals surface area (Å²) in [6.45, 7) is 3.47. The van der Waals surface area contributed by atoms with Gasteiger partial charge in [0.05, 0.1) is 37.7 Å². The molecule has 2 heterocycles. The minimum absolute atomic E-state index is 0.0250. The van der Waals surface area contributed by atoms with Crippen LogP contribution in [0.4, 0.5) is 5.69 Å². The van der Waals surface area contributed by atoms with E-state index in [1.165, 1.54) is 0 Å². The fraction of sp³-hybridized carbons (Fsp3) is 0.500. The summed E-state index contributed by atoms with van der Waals surface area (Å²) in [5.41, 5.74) is 0.815. The van der Waals surface area contributed by atoms with Crippen molar-refractivity contribution >= 4 is 17.3 Å². The Hall–Kier alpha value is -1.00. The van der Waals surface area contributed by atoms with Gasteiger partial charge in [0.2, 0.25) is 0 Å². The highest BCUT2D eigenvalue weighted by atomic mass is 35.5. The van der Waals surface area contributed by atoms with E-state index < -0.39 is 0 Å². The van der Waals surface area contributed by atoms with Gasteiger partial charge in [0.1, 0.15) is 10.9 Å². The highest BCUT2D eigenvalue weighted by Crippen LogP contribution is 2.30. The molecule has 82 valence electrons. The van der Waals surface area contributed by atoms with Crippen molar-refractivity contribution in [2.75, 3.05) is 25.6 Å². The first-order chi connectivity index (χ1) is 7.13. The lowest BCUT2D eigenvalue weighted by atomic mass is 10.0. The number of ether oxygens (including phenoxy) is 2. The summed E-state index contributed by atoms with van der Waals surface area (Å²) in [6, 6.07) is 1.69. The molecule has 0 radical (unpaired) electrons. The quantitative estimate of drug-likeness (QED) is 0.804. The van der Waals surface area contributed by atoms with Crippen molar-refractivity contribution in [3.63, 3.8) is 0 Å². The fourth-order valence-corrected chi connectivity index (χ4v) is 1.63. The van der Waals surface area contributed by atoms with Crippen LogP contribution in [0.3, 0.4) is 0 Å². The van der Waals surface area contributed by atoms with Gasteiger partial charge in [0.15, 0.2) is 0 Å². The van der Waals surface area contributed by atoms with E-state index in [-0.39, 0.29) is 5.54 Å². The Morgan fingerprint density at radius 3 is 2.87 bits per heavy atom. The second-order valence-electron chi connectivity index (χ2n) is 3.89. The Balaban J connectivity index is 2.20. The van der Waals surface area contributed by atoms with E-state index in [1.54, 1.807) is 19.4 Å². The summed E-state index contributed by atoms with van der Waals surface area (Å²) >= 11 is 5.77. The Kier molecular flexibility index (Phi) is 2.71. The number of nitrogens with zero attached hydrogens (tertiary/aromatic N) is 1. The van der Waals surface area contributed by atoms with Crippen molar-refractivity contribution < 1.29 is 9.47 Å². The number of anilines is 1. The Labute approximate surface area is 93.6 Å². The van der Waals surface area contributed by atoms with Crippen molar-refractivity contribution in [2.24, 2.45) is 0 Å². The summed E-state index contributed by atoms with van der Waals surface area (Å²) in [7, 11) is 1.61. The lowest BCUT2D eigenvalue weighted by Gasteiger charge is -2.39. The third-order valence-corrected chi connectivity index (χ3v) is 2.54. The first kappa shape index (κ1) is 10.5. The van der Waals surface area contributed by atoms with E-state index in [4.69, 9.17) is 21.1 Å². The van der Waals surface area contributed by atoms with Crippen LogP contribution in [-0.2, 0) is 4.74 Å². The van der Waals surface area contributed by atoms with E-state index in [1.807, 2.05) is 0 Å². The third kappa shape index (κ3) is 2.16. The molecule has 0 saturated carbocycles. The summed E-state index contributed by atoms with van der Waals surface area (Å²) in [4.78, 5) is 4.01. The van der Waals surface area contributed by atoms with Crippen molar-refractivity contribution in [3.05, 3.63) is 17.4 Å². The number of hydrogen-bond acceptors (Lipinski definition) is 4. The predicted octanol–water partition coefficient (Wildman–Crippen LogP) is 1.94. The average Bonchev–Trinajstić information content (AvgIpc) is 2.18. The molecule has 0 spiro atoms. The number of aromatic nitrogens is 1. The summed E-state index contributed by atoms with van der Waals surface area (Å²) in [5.74, 6) is 0.697. The number of hydrogen-bond donors (Lipinski definition) is 1. The molecule has 0 aromatic carbocycles. The lowest BCUT2D eigenvalue weighted by Crippen LogP contribution is -2.53. The van der Waals surface area contributed by atoms with Crippen LogP contribution in [-0.4, -0.2) is 30.8 Å². The normalized spacial score (nSPS) is 18.1. The molecule has 0 bridgehead atoms. The van der Waals surface area contributed by atoms with Crippen LogP contribution in [0.5, 0.6) is 5.75 Å². The van der Waals surface area contributed by atoms with Gasteiger partial charge in [0.25, 0.3) is 0 Å². The van der Waals surface area contributed by atoms with Crippen LogP contribution in [0.1, 0.15) is 6.92 Å². The highest BCUT2D eigenvalue weighted by molar-refractivity contribution is 6.29. The third-order valence-electron chi connectivity index (χ3n) is 2.33. The molecule has 0 aliphatic carbocycles. The van der Waals surface area contributed by atoms with Crippen LogP contribution in [0.15, 0.2) is 12.3 Å². The molecule has 1 aliphatic rings. The minimum Gasteiger partial charge on any atom is -0.494 e. The Morgan fingerprint density at radius 2 is 2.33 bits per heavy atom. The monoisotopic (exact) mass is 228 g/mol. The molecule has 0 unspecified atom stereocenters. The molecule has 0 atom stereocenters. The summed E-state index contributed by atoms with van der Waals surface area (Å²) < 4.78 is 10.4. The SMILES string of the molecule is COc1cc(Cl)ncc1NC1(C)COC1. The van der Waals surface area contributed by atoms with Gasteiger partial charge < -0.3 is 14.8 Å². The van der Waals surface area contributed by atoms with Crippen LogP contribution in [0.2, 0.25) is 5.15 Å².